The molecule has 118 valence electrons. The van der Waals surface area contributed by atoms with Gasteiger partial charge in [0.25, 0.3) is 0 Å². The van der Waals surface area contributed by atoms with Crippen molar-refractivity contribution in [2.24, 2.45) is 5.92 Å². The topological polar surface area (TPSA) is 49.4 Å². The maximum Gasteiger partial charge on any atom is 0.225 e. The average molecular weight is 304 g/mol. The van der Waals surface area contributed by atoms with E-state index in [1.807, 2.05) is 0 Å². The third-order valence-electron chi connectivity index (χ3n) is 4.55. The SMILES string of the molecule is O=C(NC1CC(=O)N(Cc2cccc(F)c2)C1)C1CCCC1. The number of hydrogen-bond donors (Lipinski definition) is 1. The van der Waals surface area contributed by atoms with Gasteiger partial charge in [0.05, 0.1) is 6.04 Å². The molecule has 1 atom stereocenters. The summed E-state index contributed by atoms with van der Waals surface area (Å²) in [5.74, 6) is -0.0773. The highest BCUT2D eigenvalue weighted by Crippen LogP contribution is 2.25. The highest BCUT2D eigenvalue weighted by molar-refractivity contribution is 5.83. The van der Waals surface area contributed by atoms with Crippen LogP contribution in [0.25, 0.3) is 0 Å². The third-order valence-corrected chi connectivity index (χ3v) is 4.55. The van der Waals surface area contributed by atoms with Gasteiger partial charge in [-0.3, -0.25) is 9.59 Å². The highest BCUT2D eigenvalue weighted by Gasteiger charge is 2.32. The van der Waals surface area contributed by atoms with Crippen molar-refractivity contribution in [1.82, 2.24) is 10.2 Å². The van der Waals surface area contributed by atoms with E-state index in [9.17, 15) is 14.0 Å². The molecule has 0 bridgehead atoms. The largest absolute Gasteiger partial charge is 0.351 e. The van der Waals surface area contributed by atoms with Crippen LogP contribution in [0.15, 0.2) is 24.3 Å². The van der Waals surface area contributed by atoms with Crippen molar-refractivity contribution in [3.63, 3.8) is 0 Å². The number of carbonyl (C=O) groups excluding carboxylic acids is 2. The number of nitrogens with one attached hydrogen (secondary N) is 1. The molecule has 1 aliphatic heterocycles. The first-order valence-corrected chi connectivity index (χ1v) is 7.94. The van der Waals surface area contributed by atoms with Crippen LogP contribution in [0.3, 0.4) is 0 Å². The van der Waals surface area contributed by atoms with Crippen LogP contribution in [-0.4, -0.2) is 29.3 Å². The average Bonchev–Trinajstić information content (AvgIpc) is 3.10. The van der Waals surface area contributed by atoms with E-state index >= 15 is 0 Å². The van der Waals surface area contributed by atoms with Crippen LogP contribution >= 0.6 is 0 Å². The minimum absolute atomic E-state index is 0.0148. The van der Waals surface area contributed by atoms with Crippen molar-refractivity contribution in [3.05, 3.63) is 35.6 Å². The molecule has 2 aliphatic rings. The molecule has 22 heavy (non-hydrogen) atoms. The van der Waals surface area contributed by atoms with Crippen LogP contribution in [0, 0.1) is 11.7 Å². The van der Waals surface area contributed by atoms with Gasteiger partial charge in [0, 0.05) is 25.4 Å². The Balaban J connectivity index is 1.55. The van der Waals surface area contributed by atoms with E-state index in [2.05, 4.69) is 5.32 Å². The second-order valence-corrected chi connectivity index (χ2v) is 6.30. The molecule has 1 saturated carbocycles. The second kappa shape index (κ2) is 6.46. The second-order valence-electron chi connectivity index (χ2n) is 6.30. The summed E-state index contributed by atoms with van der Waals surface area (Å²) in [6.45, 7) is 0.903. The Morgan fingerprint density at radius 1 is 1.32 bits per heavy atom. The lowest BCUT2D eigenvalue weighted by atomic mass is 10.1. The lowest BCUT2D eigenvalue weighted by molar-refractivity contribution is -0.128. The summed E-state index contributed by atoms with van der Waals surface area (Å²) >= 11 is 0. The molecule has 1 aromatic carbocycles. The molecule has 2 amide bonds. The molecule has 1 aliphatic carbocycles. The Labute approximate surface area is 129 Å². The van der Waals surface area contributed by atoms with Gasteiger partial charge in [-0.1, -0.05) is 25.0 Å². The van der Waals surface area contributed by atoms with Crippen molar-refractivity contribution < 1.29 is 14.0 Å². The summed E-state index contributed by atoms with van der Waals surface area (Å²) in [5, 5.41) is 3.00. The molecule has 0 radical (unpaired) electrons. The van der Waals surface area contributed by atoms with Crippen molar-refractivity contribution >= 4 is 11.8 Å². The van der Waals surface area contributed by atoms with Crippen LogP contribution < -0.4 is 5.32 Å². The van der Waals surface area contributed by atoms with Gasteiger partial charge in [-0.2, -0.15) is 0 Å². The first-order valence-electron chi connectivity index (χ1n) is 7.94. The summed E-state index contributed by atoms with van der Waals surface area (Å²) in [4.78, 5) is 25.9. The van der Waals surface area contributed by atoms with E-state index in [1.54, 1.807) is 17.0 Å². The molecule has 1 unspecified atom stereocenters. The number of benzene rings is 1. The number of hydrogen-bond acceptors (Lipinski definition) is 2. The van der Waals surface area contributed by atoms with Gasteiger partial charge >= 0.3 is 0 Å². The molecule has 1 saturated heterocycles. The molecule has 0 spiro atoms. The normalized spacial score (nSPS) is 22.3. The summed E-state index contributed by atoms with van der Waals surface area (Å²) in [6.07, 6.45) is 4.49. The summed E-state index contributed by atoms with van der Waals surface area (Å²) < 4.78 is 13.2. The first-order chi connectivity index (χ1) is 10.6. The third kappa shape index (κ3) is 3.46. The van der Waals surface area contributed by atoms with Crippen LogP contribution in [0.5, 0.6) is 0 Å². The first kappa shape index (κ1) is 15.0. The molecule has 3 rings (SSSR count). The lowest BCUT2D eigenvalue weighted by Crippen LogP contribution is -2.39. The number of rotatable bonds is 4. The molecule has 1 aromatic rings. The van der Waals surface area contributed by atoms with Crippen LogP contribution in [-0.2, 0) is 16.1 Å². The lowest BCUT2D eigenvalue weighted by Gasteiger charge is -2.18. The van der Waals surface area contributed by atoms with Crippen LogP contribution in [0.1, 0.15) is 37.7 Å². The predicted molar refractivity (Wildman–Crippen MR) is 80.3 cm³/mol. The molecule has 0 aromatic heterocycles. The molecule has 5 heteroatoms. The summed E-state index contributed by atoms with van der Waals surface area (Å²) in [6, 6.07) is 6.16. The van der Waals surface area contributed by atoms with Gasteiger partial charge in [0.2, 0.25) is 11.8 Å². The van der Waals surface area contributed by atoms with Gasteiger partial charge < -0.3 is 10.2 Å². The minimum Gasteiger partial charge on any atom is -0.351 e. The van der Waals surface area contributed by atoms with Crippen molar-refractivity contribution in [1.29, 1.82) is 0 Å². The smallest absolute Gasteiger partial charge is 0.225 e. The predicted octanol–water partition coefficient (Wildman–Crippen LogP) is 2.23. The molecule has 1 heterocycles. The fourth-order valence-corrected chi connectivity index (χ4v) is 3.38. The van der Waals surface area contributed by atoms with Gasteiger partial charge in [0.15, 0.2) is 0 Å². The fourth-order valence-electron chi connectivity index (χ4n) is 3.38. The molecular weight excluding hydrogens is 283 g/mol. The van der Waals surface area contributed by atoms with E-state index < -0.39 is 0 Å². The molecule has 2 fully saturated rings. The van der Waals surface area contributed by atoms with Gasteiger partial charge in [-0.25, -0.2) is 4.39 Å². The monoisotopic (exact) mass is 304 g/mol. The summed E-state index contributed by atoms with van der Waals surface area (Å²) in [7, 11) is 0. The van der Waals surface area contributed by atoms with Gasteiger partial charge in [-0.05, 0) is 30.5 Å². The van der Waals surface area contributed by atoms with Crippen LogP contribution in [0.2, 0.25) is 0 Å². The molecule has 1 N–H and O–H groups in total. The minimum atomic E-state index is -0.296. The number of likely N-dealkylation sites (tertiary alicyclic amines) is 1. The Morgan fingerprint density at radius 3 is 2.82 bits per heavy atom. The van der Waals surface area contributed by atoms with E-state index in [0.29, 0.717) is 19.5 Å². The quantitative estimate of drug-likeness (QED) is 0.927. The number of halogens is 1. The van der Waals surface area contributed by atoms with Crippen molar-refractivity contribution in [2.75, 3.05) is 6.54 Å². The summed E-state index contributed by atoms with van der Waals surface area (Å²) in [5.41, 5.74) is 0.774. The van der Waals surface area contributed by atoms with Gasteiger partial charge in [-0.15, -0.1) is 0 Å². The highest BCUT2D eigenvalue weighted by atomic mass is 19.1. The maximum absolute atomic E-state index is 13.2. The standard InChI is InChI=1S/C17H21FN2O2/c18-14-7-3-4-12(8-14)10-20-11-15(9-16(20)21)19-17(22)13-5-1-2-6-13/h3-4,7-8,13,15H,1-2,5-6,9-11H2,(H,19,22). The van der Waals surface area contributed by atoms with E-state index in [0.717, 1.165) is 31.2 Å². The zero-order valence-corrected chi connectivity index (χ0v) is 12.6. The zero-order chi connectivity index (χ0) is 15.5. The Hall–Kier alpha value is -1.91. The van der Waals surface area contributed by atoms with Crippen LogP contribution in [0.4, 0.5) is 4.39 Å². The number of carbonyl (C=O) groups is 2. The number of nitrogens with zero attached hydrogens (tertiary/aromatic N) is 1. The van der Waals surface area contributed by atoms with E-state index in [4.69, 9.17) is 0 Å². The molecule has 4 nitrogen and oxygen atoms in total. The van der Waals surface area contributed by atoms with Crippen molar-refractivity contribution in [2.45, 2.75) is 44.7 Å². The van der Waals surface area contributed by atoms with E-state index in [1.165, 1.54) is 12.1 Å². The van der Waals surface area contributed by atoms with Crippen molar-refractivity contribution in [3.8, 4) is 0 Å². The fraction of sp³-hybridized carbons (Fsp3) is 0.529. The maximum atomic E-state index is 13.2. The Bertz CT molecular complexity index is 570. The molecular formula is C17H21FN2O2. The zero-order valence-electron chi connectivity index (χ0n) is 12.6. The Morgan fingerprint density at radius 2 is 2.09 bits per heavy atom. The van der Waals surface area contributed by atoms with Gasteiger partial charge in [0.1, 0.15) is 5.82 Å². The van der Waals surface area contributed by atoms with E-state index in [-0.39, 0.29) is 29.6 Å². The Kier molecular flexibility index (Phi) is 4.41. The number of amides is 2.